The molecule has 21 heterocycles. The Morgan fingerprint density at radius 3 is 0.361 bits per heavy atom. The summed E-state index contributed by atoms with van der Waals surface area (Å²) >= 11 is 0. The Kier molecular flexibility index (Phi) is 46.8. The molecule has 0 aromatic carbocycles. The first-order chi connectivity index (χ1) is 62.2. The molecule has 14 bridgehead atoms. The number of ether oxygens (including phenoxy) is 21. The van der Waals surface area contributed by atoms with E-state index >= 15 is 0 Å². The predicted molar refractivity (Wildman–Crippen MR) is 434 cm³/mol. The summed E-state index contributed by atoms with van der Waals surface area (Å²) in [4.78, 5) is 0. The van der Waals surface area contributed by atoms with Gasteiger partial charge in [0, 0.05) is 46.2 Å². The summed E-state index contributed by atoms with van der Waals surface area (Å²) < 4.78 is 357. The quantitative estimate of drug-likeness (QED) is 0.0199. The number of hydrogen-bond acceptors (Lipinski definition) is 49. The maximum absolute atomic E-state index is 12.3. The molecule has 0 unspecified atom stereocenters. The van der Waals surface area contributed by atoms with E-state index in [-0.39, 0.29) is 136 Å². The van der Waals surface area contributed by atoms with Crippen LogP contribution < -0.4 is 0 Å². The van der Waals surface area contributed by atoms with E-state index < -0.39 is 372 Å². The third-order valence-corrected chi connectivity index (χ3v) is 27.7. The van der Waals surface area contributed by atoms with Crippen LogP contribution in [0, 0.1) is 0 Å². The lowest BCUT2D eigenvalue weighted by Crippen LogP contribution is -2.68. The summed E-state index contributed by atoms with van der Waals surface area (Å²) in [5, 5.41) is 172. The van der Waals surface area contributed by atoms with Crippen molar-refractivity contribution in [1.82, 2.24) is 0 Å². The number of rotatable bonds is 49. The molecular weight excluding hydrogens is 1960 g/mol. The van der Waals surface area contributed by atoms with Gasteiger partial charge in [0.05, 0.1) is 86.5 Å². The minimum atomic E-state index is -4.52. The van der Waals surface area contributed by atoms with E-state index in [9.17, 15) is 162 Å². The fraction of sp³-hybridized carbons (Fsp3) is 1.00. The number of aliphatic hydroxyl groups is 14. The fourth-order valence-corrected chi connectivity index (χ4v) is 19.1. The van der Waals surface area contributed by atoms with Crippen LogP contribution in [0.2, 0.25) is 0 Å². The van der Waals surface area contributed by atoms with Crippen LogP contribution >= 0.6 is 0 Å². The van der Waals surface area contributed by atoms with Gasteiger partial charge in [-0.1, -0.05) is 0 Å². The maximum atomic E-state index is 12.3. The molecule has 0 aliphatic carbocycles. The highest BCUT2D eigenvalue weighted by Crippen LogP contribution is 2.40. The minimum Gasteiger partial charge on any atom is -0.387 e. The van der Waals surface area contributed by atoms with E-state index in [2.05, 4.69) is 0 Å². The van der Waals surface area contributed by atoms with Crippen molar-refractivity contribution in [1.29, 1.82) is 0 Å². The lowest BCUT2D eigenvalue weighted by Gasteiger charge is -2.50. The zero-order valence-corrected chi connectivity index (χ0v) is 77.2. The second-order valence-electron chi connectivity index (χ2n) is 32.9. The van der Waals surface area contributed by atoms with Crippen molar-refractivity contribution in [2.24, 2.45) is 0 Å². The predicted octanol–water partition coefficient (Wildman–Crippen LogP) is -10.4. The highest BCUT2D eigenvalue weighted by atomic mass is 32.2. The molecule has 63 heteroatoms. The van der Waals surface area contributed by atoms with Gasteiger partial charge in [0.1, 0.15) is 171 Å². The third-order valence-electron chi connectivity index (χ3n) is 22.1. The minimum absolute atomic E-state index is 0.120. The Labute approximate surface area is 766 Å². The molecule has 21 rings (SSSR count). The Morgan fingerprint density at radius 2 is 0.263 bits per heavy atom. The van der Waals surface area contributed by atoms with Gasteiger partial charge in [-0.3, -0.25) is 31.9 Å². The lowest BCUT2D eigenvalue weighted by atomic mass is 9.95. The van der Waals surface area contributed by atoms with Crippen LogP contribution in [0.3, 0.4) is 0 Å². The van der Waals surface area contributed by atoms with Crippen molar-refractivity contribution in [3.63, 3.8) is 0 Å². The van der Waals surface area contributed by atoms with Gasteiger partial charge >= 0.3 is 0 Å². The van der Waals surface area contributed by atoms with E-state index in [1.165, 1.54) is 0 Å². The SMILES string of the molecule is O=S(=O)(O)CCCCOC[C@H]1O[C@@H]2O[C@H]3[C@H](O)[C@@H](O)[C@@H](O[C@H]4[C@H](O)[C@@H](O)[C@@H](O[C@H]5[C@H](O)[C@@H](O)[C@@H](O[C@H]6[C@H](O)[C@@H](O)[C@@H](O[C@H]7[C@H](O)[C@@H](O)[C@@H](O[C@H]8[C@@H](O)[C@H](O)[C@@H](O[C@H]1[C@H](O)[C@H]2O)O[C@@H]8COCCCCS(=O)(=O)O)O[C@@H]7COCCCCS(=O)(=O)O)O[C@@H]6COCCCCS(=O)(=O)O)O[C@@H]5COCCCCS(=O)(=O)O)O[C@@H]4COCCCCS(=O)(=O)O)O[C@@H]3COCCCCS(=O)(=O)O. The van der Waals surface area contributed by atoms with Crippen LogP contribution in [-0.4, -0.2) is 510 Å². The van der Waals surface area contributed by atoms with Crippen LogP contribution in [0.1, 0.15) is 89.9 Å². The topological polar surface area (TPSA) is 858 Å². The van der Waals surface area contributed by atoms with E-state index in [1.54, 1.807) is 0 Å². The van der Waals surface area contributed by atoms with Gasteiger partial charge in [0.2, 0.25) is 0 Å². The first-order valence-corrected chi connectivity index (χ1v) is 53.8. The number of unbranched alkanes of at least 4 members (excludes halogenated alkanes) is 7. The molecule has 0 aromatic heterocycles. The summed E-state index contributed by atoms with van der Waals surface area (Å²) in [6.45, 7) is -8.33. The van der Waals surface area contributed by atoms with Gasteiger partial charge in [-0.2, -0.15) is 58.9 Å². The fourth-order valence-electron chi connectivity index (χ4n) is 15.1. The Balaban J connectivity index is 1.24. The van der Waals surface area contributed by atoms with Crippen LogP contribution in [-0.2, 0) is 170 Å². The summed E-state index contributed by atoms with van der Waals surface area (Å²) in [7, 11) is -31.6. The Bertz CT molecular complexity index is 3520. The highest BCUT2D eigenvalue weighted by molar-refractivity contribution is 7.87. The van der Waals surface area contributed by atoms with Crippen molar-refractivity contribution in [3.05, 3.63) is 0 Å². The van der Waals surface area contributed by atoms with E-state index in [1.807, 2.05) is 0 Å². The van der Waals surface area contributed by atoms with Crippen molar-refractivity contribution in [3.8, 4) is 0 Å². The molecule has 56 nitrogen and oxygen atoms in total. The third kappa shape index (κ3) is 38.2. The molecule has 21 aliphatic heterocycles. The first kappa shape index (κ1) is 116. The van der Waals surface area contributed by atoms with Crippen LogP contribution in [0.25, 0.3) is 0 Å². The first-order valence-electron chi connectivity index (χ1n) is 42.6. The Morgan fingerprint density at radius 1 is 0.158 bits per heavy atom. The van der Waals surface area contributed by atoms with Crippen LogP contribution in [0.15, 0.2) is 0 Å². The summed E-state index contributed by atoms with van der Waals surface area (Å²) in [6, 6.07) is 0. The zero-order valence-electron chi connectivity index (χ0n) is 71.5. The number of aliphatic hydroxyl groups excluding tert-OH is 14. The normalized spacial score (nSPS) is 37.9. The van der Waals surface area contributed by atoms with Gasteiger partial charge in [-0.15, -0.1) is 0 Å². The van der Waals surface area contributed by atoms with Crippen LogP contribution in [0.5, 0.6) is 0 Å². The van der Waals surface area contributed by atoms with Crippen molar-refractivity contribution in [2.75, 3.05) is 133 Å². The van der Waals surface area contributed by atoms with Crippen molar-refractivity contribution < 1.29 is 262 Å². The second kappa shape index (κ2) is 53.5. The summed E-state index contributed by atoms with van der Waals surface area (Å²) in [6.07, 6.45) is -80.1. The molecule has 0 aromatic rings. The Hall–Kier alpha value is -2.03. The molecule has 784 valence electrons. The number of hydrogen-bond donors (Lipinski definition) is 21. The highest BCUT2D eigenvalue weighted by Gasteiger charge is 2.60. The molecule has 0 amide bonds. The largest absolute Gasteiger partial charge is 0.387 e. The zero-order chi connectivity index (χ0) is 98.3. The maximum Gasteiger partial charge on any atom is 0.264 e. The summed E-state index contributed by atoms with van der Waals surface area (Å²) in [5.41, 5.74) is 0. The van der Waals surface area contributed by atoms with E-state index in [0.29, 0.717) is 0 Å². The second-order valence-corrected chi connectivity index (χ2v) is 43.9. The standard InChI is InChI=1S/C70H126O56S7/c71-43-50(78)64-113-36(29-106-15-1-8-22-127(85,86)87)57(43)120-65-51(79)44(72)59(38(114-65)31-108-17-3-10-24-129(91,92)93)122-67-53(81)46(74)61(40(116-67)33-110-19-5-12-26-131(97,98)99)124-69-55(83)48(76)63(42(118-69)35-112-21-7-14-28-133(103,104)105)126-70-56(84)49(77)62(41(119-70)34-111-20-6-13-27-132(100,101)102)125-68-54(82)47(75)60(39(117-68)32-109-18-4-11-25-130(94,95)96)123-66-52(80)45(73)58(121-64)37(115-66)30-107-16-2-9-23-128(88,89)90/h36-84H,1-35H2,(H,85,86,87)(H,88,89,90)(H,91,92,93)(H,94,95,96)(H,97,98,99)(H,100,101,102)(H,103,104,105)/t36-,37-,38-,39-,40-,41-,42-,43-,44-,45-,46-,47-,48-,49+,50-,51-,52-,53-,54-,55-,56+,57-,58-,59-,60-,61-,62-,63-,64-,65-,66-,67-,68-,69-,70-/m1/s1. The molecule has 21 saturated heterocycles. The molecule has 21 aliphatic rings. The molecular formula is C70H126O56S7. The van der Waals surface area contributed by atoms with Gasteiger partial charge in [-0.05, 0) is 89.9 Å². The lowest BCUT2D eigenvalue weighted by molar-refractivity contribution is -0.397. The van der Waals surface area contributed by atoms with Gasteiger partial charge in [0.15, 0.2) is 44.0 Å². The molecule has 0 radical (unpaired) electrons. The molecule has 0 saturated carbocycles. The van der Waals surface area contributed by atoms with Gasteiger partial charge in [0.25, 0.3) is 70.8 Å². The van der Waals surface area contributed by atoms with Crippen molar-refractivity contribution in [2.45, 2.75) is 305 Å². The molecule has 35 atom stereocenters. The molecule has 21 fully saturated rings. The van der Waals surface area contributed by atoms with Crippen LogP contribution in [0.4, 0.5) is 0 Å². The van der Waals surface area contributed by atoms with E-state index in [0.717, 1.165) is 0 Å². The monoisotopic (exact) mass is 2090 g/mol. The average molecular weight is 2090 g/mol. The van der Waals surface area contributed by atoms with Crippen molar-refractivity contribution >= 4 is 70.8 Å². The van der Waals surface area contributed by atoms with Gasteiger partial charge < -0.3 is 171 Å². The molecule has 0 spiro atoms. The van der Waals surface area contributed by atoms with E-state index in [4.69, 9.17) is 99.5 Å². The molecule has 21 N–H and O–H groups in total. The van der Waals surface area contributed by atoms with Gasteiger partial charge in [-0.25, -0.2) is 0 Å². The summed E-state index contributed by atoms with van der Waals surface area (Å²) in [5.74, 6) is -5.29. The molecule has 133 heavy (non-hydrogen) atoms. The average Bonchev–Trinajstić information content (AvgIpc) is 0.861. The smallest absolute Gasteiger partial charge is 0.264 e.